The van der Waals surface area contributed by atoms with Crippen LogP contribution < -0.4 is 0 Å². The molecule has 1 atom stereocenters. The van der Waals surface area contributed by atoms with E-state index in [-0.39, 0.29) is 44.1 Å². The van der Waals surface area contributed by atoms with E-state index in [1.54, 1.807) is 19.2 Å². The largest absolute Gasteiger partial charge is 0.481 e. The minimum absolute atomic E-state index is 0.165. The molecule has 0 aliphatic heterocycles. The number of amides is 1. The number of aliphatic carboxylic acids is 1. The number of hydrogen-bond donors (Lipinski definition) is 1. The van der Waals surface area contributed by atoms with E-state index >= 15 is 0 Å². The molecule has 1 aliphatic rings. The zero-order valence-corrected chi connectivity index (χ0v) is 14.0. The Kier molecular flexibility index (Phi) is 5.57. The van der Waals surface area contributed by atoms with Crippen molar-refractivity contribution in [3.8, 4) is 0 Å². The van der Waals surface area contributed by atoms with Crippen LogP contribution >= 0.6 is 0 Å². The van der Waals surface area contributed by atoms with Crippen LogP contribution in [0.3, 0.4) is 0 Å². The van der Waals surface area contributed by atoms with E-state index in [4.69, 9.17) is 0 Å². The molecule has 4 nitrogen and oxygen atoms in total. The predicted molar refractivity (Wildman–Crippen MR) is 86.1 cm³/mol. The standard InChI is InChI=1S/C18H23F2NO3/c1-12-3-5-13(6-4-12)15(17(23)24)11-16(22)21(2)14-7-9-18(19,20)10-8-14/h3-6,14-15H,7-11H2,1-2H3,(H,23,24). The van der Waals surface area contributed by atoms with Crippen molar-refractivity contribution in [1.82, 2.24) is 4.90 Å². The number of alkyl halides is 2. The van der Waals surface area contributed by atoms with Crippen LogP contribution in [0, 0.1) is 6.92 Å². The van der Waals surface area contributed by atoms with Gasteiger partial charge in [-0.05, 0) is 25.3 Å². The summed E-state index contributed by atoms with van der Waals surface area (Å²) in [6.07, 6.45) is -0.123. The van der Waals surface area contributed by atoms with E-state index in [0.717, 1.165) is 5.56 Å². The molecule has 6 heteroatoms. The molecule has 1 aliphatic carbocycles. The van der Waals surface area contributed by atoms with Crippen LogP contribution in [-0.4, -0.2) is 40.9 Å². The minimum atomic E-state index is -2.65. The molecular weight excluding hydrogens is 316 g/mol. The van der Waals surface area contributed by atoms with Crippen molar-refractivity contribution in [2.75, 3.05) is 7.05 Å². The number of benzene rings is 1. The zero-order valence-electron chi connectivity index (χ0n) is 14.0. The average Bonchev–Trinajstić information content (AvgIpc) is 2.52. The van der Waals surface area contributed by atoms with Crippen molar-refractivity contribution >= 4 is 11.9 Å². The summed E-state index contributed by atoms with van der Waals surface area (Å²) in [5.41, 5.74) is 1.58. The molecule has 0 radical (unpaired) electrons. The van der Waals surface area contributed by atoms with Gasteiger partial charge in [0, 0.05) is 32.4 Å². The molecule has 1 fully saturated rings. The molecule has 0 spiro atoms. The summed E-state index contributed by atoms with van der Waals surface area (Å²) in [7, 11) is 1.57. The average molecular weight is 339 g/mol. The van der Waals surface area contributed by atoms with Gasteiger partial charge in [0.25, 0.3) is 0 Å². The third kappa shape index (κ3) is 4.52. The van der Waals surface area contributed by atoms with Crippen LogP contribution in [-0.2, 0) is 9.59 Å². The highest BCUT2D eigenvalue weighted by Gasteiger charge is 2.37. The van der Waals surface area contributed by atoms with Crippen molar-refractivity contribution < 1.29 is 23.5 Å². The molecule has 1 amide bonds. The number of rotatable bonds is 5. The topological polar surface area (TPSA) is 57.6 Å². The maximum atomic E-state index is 13.2. The van der Waals surface area contributed by atoms with E-state index in [0.29, 0.717) is 5.56 Å². The SMILES string of the molecule is Cc1ccc(C(CC(=O)N(C)C2CCC(F)(F)CC2)C(=O)O)cc1. The Hall–Kier alpha value is -1.98. The smallest absolute Gasteiger partial charge is 0.311 e. The van der Waals surface area contributed by atoms with Gasteiger partial charge in [-0.15, -0.1) is 0 Å². The molecule has 0 saturated heterocycles. The Bertz CT molecular complexity index is 591. The van der Waals surface area contributed by atoms with Gasteiger partial charge in [0.15, 0.2) is 0 Å². The Morgan fingerprint density at radius 2 is 1.79 bits per heavy atom. The molecule has 1 saturated carbocycles. The lowest BCUT2D eigenvalue weighted by Crippen LogP contribution is -2.42. The summed E-state index contributed by atoms with van der Waals surface area (Å²) in [4.78, 5) is 25.4. The Balaban J connectivity index is 2.02. The number of aryl methyl sites for hydroxylation is 1. The first-order valence-corrected chi connectivity index (χ1v) is 8.12. The maximum absolute atomic E-state index is 13.2. The van der Waals surface area contributed by atoms with Gasteiger partial charge in [-0.1, -0.05) is 29.8 Å². The van der Waals surface area contributed by atoms with Gasteiger partial charge in [-0.3, -0.25) is 9.59 Å². The highest BCUT2D eigenvalue weighted by molar-refractivity contribution is 5.85. The second kappa shape index (κ2) is 7.28. The van der Waals surface area contributed by atoms with Gasteiger partial charge in [0.05, 0.1) is 5.92 Å². The van der Waals surface area contributed by atoms with Crippen LogP contribution in [0.1, 0.15) is 49.1 Å². The Morgan fingerprint density at radius 3 is 2.29 bits per heavy atom. The minimum Gasteiger partial charge on any atom is -0.481 e. The van der Waals surface area contributed by atoms with Gasteiger partial charge in [0.1, 0.15) is 0 Å². The molecule has 132 valence electrons. The predicted octanol–water partition coefficient (Wildman–Crippen LogP) is 3.59. The summed E-state index contributed by atoms with van der Waals surface area (Å²) in [6, 6.07) is 6.79. The van der Waals surface area contributed by atoms with Gasteiger partial charge in [-0.2, -0.15) is 0 Å². The third-order valence-electron chi connectivity index (χ3n) is 4.78. The van der Waals surface area contributed by atoms with Crippen LogP contribution in [0.25, 0.3) is 0 Å². The lowest BCUT2D eigenvalue weighted by molar-refractivity contribution is -0.143. The Morgan fingerprint density at radius 1 is 1.25 bits per heavy atom. The normalized spacial score (nSPS) is 18.8. The van der Waals surface area contributed by atoms with Gasteiger partial charge in [0.2, 0.25) is 11.8 Å². The quantitative estimate of drug-likeness (QED) is 0.892. The molecule has 1 N–H and O–H groups in total. The van der Waals surface area contributed by atoms with Crippen molar-refractivity contribution in [1.29, 1.82) is 0 Å². The first kappa shape index (κ1) is 18.4. The van der Waals surface area contributed by atoms with E-state index < -0.39 is 17.8 Å². The van der Waals surface area contributed by atoms with Crippen molar-refractivity contribution in [2.45, 2.75) is 56.9 Å². The highest BCUT2D eigenvalue weighted by atomic mass is 19.3. The fourth-order valence-electron chi connectivity index (χ4n) is 3.08. The molecule has 1 aromatic carbocycles. The molecule has 2 rings (SSSR count). The van der Waals surface area contributed by atoms with Gasteiger partial charge < -0.3 is 10.0 Å². The Labute approximate surface area is 140 Å². The van der Waals surface area contributed by atoms with Crippen LogP contribution in [0.15, 0.2) is 24.3 Å². The molecular formula is C18H23F2NO3. The number of carboxylic acid groups (broad SMARTS) is 1. The van der Waals surface area contributed by atoms with E-state index in [2.05, 4.69) is 0 Å². The van der Waals surface area contributed by atoms with Crippen molar-refractivity contribution in [3.63, 3.8) is 0 Å². The number of carboxylic acids is 1. The van der Waals surface area contributed by atoms with Crippen molar-refractivity contribution in [2.24, 2.45) is 0 Å². The number of nitrogens with zero attached hydrogens (tertiary/aromatic N) is 1. The summed E-state index contributed by atoms with van der Waals surface area (Å²) < 4.78 is 26.5. The first-order chi connectivity index (χ1) is 11.2. The third-order valence-corrected chi connectivity index (χ3v) is 4.78. The first-order valence-electron chi connectivity index (χ1n) is 8.12. The fraction of sp³-hybridized carbons (Fsp3) is 0.556. The summed E-state index contributed by atoms with van der Waals surface area (Å²) in [6.45, 7) is 1.90. The molecule has 0 aromatic heterocycles. The highest BCUT2D eigenvalue weighted by Crippen LogP contribution is 2.35. The number of carbonyl (C=O) groups is 2. The zero-order chi connectivity index (χ0) is 17.9. The van der Waals surface area contributed by atoms with E-state index in [9.17, 15) is 23.5 Å². The lowest BCUT2D eigenvalue weighted by Gasteiger charge is -2.35. The second-order valence-corrected chi connectivity index (χ2v) is 6.60. The summed E-state index contributed by atoms with van der Waals surface area (Å²) >= 11 is 0. The lowest BCUT2D eigenvalue weighted by atomic mass is 9.90. The fourth-order valence-corrected chi connectivity index (χ4v) is 3.08. The molecule has 24 heavy (non-hydrogen) atoms. The molecule has 0 bridgehead atoms. The molecule has 0 heterocycles. The second-order valence-electron chi connectivity index (χ2n) is 6.60. The maximum Gasteiger partial charge on any atom is 0.311 e. The molecule has 1 aromatic rings. The van der Waals surface area contributed by atoms with Crippen molar-refractivity contribution in [3.05, 3.63) is 35.4 Å². The monoisotopic (exact) mass is 339 g/mol. The van der Waals surface area contributed by atoms with Gasteiger partial charge >= 0.3 is 5.97 Å². The number of halogens is 2. The summed E-state index contributed by atoms with van der Waals surface area (Å²) in [5, 5.41) is 9.44. The number of carbonyl (C=O) groups excluding carboxylic acids is 1. The number of hydrogen-bond acceptors (Lipinski definition) is 2. The van der Waals surface area contributed by atoms with Crippen LogP contribution in [0.5, 0.6) is 0 Å². The summed E-state index contributed by atoms with van der Waals surface area (Å²) in [5.74, 6) is -4.95. The van der Waals surface area contributed by atoms with Gasteiger partial charge in [-0.25, -0.2) is 8.78 Å². The van der Waals surface area contributed by atoms with E-state index in [1.165, 1.54) is 4.90 Å². The van der Waals surface area contributed by atoms with Crippen LogP contribution in [0.4, 0.5) is 8.78 Å². The van der Waals surface area contributed by atoms with E-state index in [1.807, 2.05) is 19.1 Å². The van der Waals surface area contributed by atoms with Crippen LogP contribution in [0.2, 0.25) is 0 Å². The molecule has 1 unspecified atom stereocenters.